The molecule has 0 spiro atoms. The number of ketones is 1. The standard InChI is InChI=1S/C45H74O18/c1-19(18-58-41-37(55)35(53)33(51)29(16-46)61-41)6-9-27(48)20(2)31-28(49)15-26-24-8-7-22-14-23(10-12-44(22,4)25(24)11-13-45(26,31)5)60-43-39(57)36(54)40(30(17-47)62-43)63-42-38(56)34(52)32(50)21(3)59-42/h7,19-21,23-26,28-43,46-47,49-57H,6,8-18H2,1-5H3. The van der Waals surface area contributed by atoms with E-state index >= 15 is 0 Å². The van der Waals surface area contributed by atoms with Gasteiger partial charge in [0.15, 0.2) is 18.9 Å². The fourth-order valence-electron chi connectivity index (χ4n) is 12.9. The molecule has 0 aromatic rings. The molecule has 63 heavy (non-hydrogen) atoms. The maximum Gasteiger partial charge on any atom is 0.187 e. The number of hydrogen-bond donors (Lipinski definition) is 11. The van der Waals surface area contributed by atoms with Crippen LogP contribution in [-0.4, -0.2) is 186 Å². The van der Waals surface area contributed by atoms with Crippen LogP contribution in [0.25, 0.3) is 0 Å². The van der Waals surface area contributed by atoms with E-state index in [2.05, 4.69) is 19.9 Å². The van der Waals surface area contributed by atoms with E-state index < -0.39 is 111 Å². The highest BCUT2D eigenvalue weighted by molar-refractivity contribution is 5.81. The van der Waals surface area contributed by atoms with Crippen LogP contribution in [0, 0.1) is 46.3 Å². The van der Waals surface area contributed by atoms with Crippen LogP contribution in [0.3, 0.4) is 0 Å². The Balaban J connectivity index is 0.927. The highest BCUT2D eigenvalue weighted by Gasteiger charge is 2.62. The molecule has 18 heteroatoms. The van der Waals surface area contributed by atoms with Gasteiger partial charge in [-0.2, -0.15) is 0 Å². The van der Waals surface area contributed by atoms with Crippen molar-refractivity contribution in [1.29, 1.82) is 0 Å². The molecule has 362 valence electrons. The van der Waals surface area contributed by atoms with Gasteiger partial charge in [0.1, 0.15) is 72.9 Å². The number of allylic oxidation sites excluding steroid dienone is 1. The Bertz CT molecular complexity index is 1580. The predicted octanol–water partition coefficient (Wildman–Crippen LogP) is -0.989. The van der Waals surface area contributed by atoms with Gasteiger partial charge >= 0.3 is 0 Å². The summed E-state index contributed by atoms with van der Waals surface area (Å²) in [6, 6.07) is 0. The molecule has 7 aliphatic rings. The van der Waals surface area contributed by atoms with Crippen LogP contribution < -0.4 is 0 Å². The minimum absolute atomic E-state index is 0.0824. The predicted molar refractivity (Wildman–Crippen MR) is 219 cm³/mol. The Kier molecular flexibility index (Phi) is 15.6. The first kappa shape index (κ1) is 49.6. The van der Waals surface area contributed by atoms with Crippen LogP contribution in [0.15, 0.2) is 11.6 Å². The lowest BCUT2D eigenvalue weighted by molar-refractivity contribution is -0.360. The second kappa shape index (κ2) is 19.8. The van der Waals surface area contributed by atoms with Crippen LogP contribution in [0.4, 0.5) is 0 Å². The number of Topliss-reactive ketones (excluding diaryl/α,β-unsaturated/α-hetero) is 1. The van der Waals surface area contributed by atoms with Gasteiger partial charge in [0.25, 0.3) is 0 Å². The summed E-state index contributed by atoms with van der Waals surface area (Å²) in [6.45, 7) is 8.90. The lowest BCUT2D eigenvalue weighted by atomic mass is 9.47. The summed E-state index contributed by atoms with van der Waals surface area (Å²) in [6.07, 6.45) is -13.2. The molecular weight excluding hydrogens is 828 g/mol. The molecule has 25 unspecified atom stereocenters. The number of fused-ring (bicyclic) bond motifs is 5. The van der Waals surface area contributed by atoms with Gasteiger partial charge in [-0.05, 0) is 98.7 Å². The van der Waals surface area contributed by atoms with E-state index in [-0.39, 0.29) is 59.4 Å². The first-order chi connectivity index (χ1) is 29.7. The summed E-state index contributed by atoms with van der Waals surface area (Å²) in [5.41, 5.74) is 0.934. The van der Waals surface area contributed by atoms with Crippen LogP contribution in [0.5, 0.6) is 0 Å². The second-order valence-electron chi connectivity index (χ2n) is 20.6. The van der Waals surface area contributed by atoms with Crippen molar-refractivity contribution in [2.45, 2.75) is 197 Å². The zero-order valence-electron chi connectivity index (χ0n) is 37.1. The average molecular weight is 903 g/mol. The van der Waals surface area contributed by atoms with Crippen molar-refractivity contribution in [1.82, 2.24) is 0 Å². The summed E-state index contributed by atoms with van der Waals surface area (Å²) in [4.78, 5) is 13.8. The Morgan fingerprint density at radius 2 is 1.40 bits per heavy atom. The lowest BCUT2D eigenvalue weighted by Gasteiger charge is -2.58. The molecule has 0 aromatic heterocycles. The van der Waals surface area contributed by atoms with E-state index in [1.165, 1.54) is 12.5 Å². The Morgan fingerprint density at radius 3 is 2.10 bits per heavy atom. The molecule has 3 saturated heterocycles. The second-order valence-corrected chi connectivity index (χ2v) is 20.6. The normalized spacial score (nSPS) is 51.0. The number of rotatable bonds is 14. The Hall–Kier alpha value is -1.27. The number of aliphatic hydroxyl groups is 11. The fourth-order valence-corrected chi connectivity index (χ4v) is 12.9. The molecular formula is C45H74O18. The minimum Gasteiger partial charge on any atom is -0.394 e. The van der Waals surface area contributed by atoms with Crippen molar-refractivity contribution < 1.29 is 89.4 Å². The van der Waals surface area contributed by atoms with Crippen molar-refractivity contribution >= 4 is 5.78 Å². The molecule has 7 rings (SSSR count). The molecule has 4 aliphatic carbocycles. The van der Waals surface area contributed by atoms with Gasteiger partial charge in [0, 0.05) is 12.3 Å². The first-order valence-corrected chi connectivity index (χ1v) is 23.2. The highest BCUT2D eigenvalue weighted by atomic mass is 16.7. The summed E-state index contributed by atoms with van der Waals surface area (Å²) < 4.78 is 34.7. The average Bonchev–Trinajstić information content (AvgIpc) is 3.54. The zero-order valence-corrected chi connectivity index (χ0v) is 37.1. The van der Waals surface area contributed by atoms with Crippen LogP contribution >= 0.6 is 0 Å². The van der Waals surface area contributed by atoms with Gasteiger partial charge in [-0.15, -0.1) is 0 Å². The molecule has 0 bridgehead atoms. The van der Waals surface area contributed by atoms with Gasteiger partial charge < -0.3 is 84.6 Å². The van der Waals surface area contributed by atoms with E-state index in [9.17, 15) is 61.0 Å². The number of carbonyl (C=O) groups excluding carboxylic acids is 1. The molecule has 3 aliphatic heterocycles. The third-order valence-corrected chi connectivity index (χ3v) is 16.7. The first-order valence-electron chi connectivity index (χ1n) is 23.2. The van der Waals surface area contributed by atoms with Gasteiger partial charge in [-0.25, -0.2) is 0 Å². The van der Waals surface area contributed by atoms with Crippen molar-refractivity contribution in [2.24, 2.45) is 46.3 Å². The van der Waals surface area contributed by atoms with Gasteiger partial charge in [-0.3, -0.25) is 4.79 Å². The molecule has 3 saturated carbocycles. The minimum atomic E-state index is -1.66. The van der Waals surface area contributed by atoms with E-state index in [1.807, 2.05) is 13.8 Å². The number of ether oxygens (including phenoxy) is 6. The number of carbonyl (C=O) groups is 1. The van der Waals surface area contributed by atoms with Crippen molar-refractivity contribution in [3.05, 3.63) is 11.6 Å². The van der Waals surface area contributed by atoms with E-state index in [4.69, 9.17) is 28.4 Å². The van der Waals surface area contributed by atoms with E-state index in [1.54, 1.807) is 0 Å². The molecule has 0 amide bonds. The number of hydrogen-bond acceptors (Lipinski definition) is 18. The number of aliphatic hydroxyl groups excluding tert-OH is 11. The van der Waals surface area contributed by atoms with Gasteiger partial charge in [0.05, 0.1) is 38.1 Å². The van der Waals surface area contributed by atoms with E-state index in [0.29, 0.717) is 37.5 Å². The SMILES string of the molecule is CC(CCC(=O)C(C)C1C(O)CC2C3CC=C4CC(OC5OC(CO)C(OC6OC(C)C(O)C(O)C6O)C(O)C5O)CCC4(C)C3CCC21C)COC1OC(CO)C(O)C(O)C1O. The summed E-state index contributed by atoms with van der Waals surface area (Å²) in [5.74, 6) is 0.367. The Labute approximate surface area is 369 Å². The lowest BCUT2D eigenvalue weighted by Crippen LogP contribution is -2.64. The molecule has 18 nitrogen and oxygen atoms in total. The largest absolute Gasteiger partial charge is 0.394 e. The van der Waals surface area contributed by atoms with Crippen molar-refractivity contribution in [2.75, 3.05) is 19.8 Å². The fraction of sp³-hybridized carbons (Fsp3) is 0.933. The Morgan fingerprint density at radius 1 is 0.762 bits per heavy atom. The third-order valence-electron chi connectivity index (χ3n) is 16.7. The molecule has 0 radical (unpaired) electrons. The van der Waals surface area contributed by atoms with Crippen molar-refractivity contribution in [3.8, 4) is 0 Å². The highest BCUT2D eigenvalue weighted by Crippen LogP contribution is 2.67. The molecule has 6 fully saturated rings. The van der Waals surface area contributed by atoms with E-state index in [0.717, 1.165) is 25.7 Å². The summed E-state index contributed by atoms with van der Waals surface area (Å²) >= 11 is 0. The molecule has 0 aromatic carbocycles. The monoisotopic (exact) mass is 902 g/mol. The zero-order chi connectivity index (χ0) is 45.9. The smallest absolute Gasteiger partial charge is 0.187 e. The van der Waals surface area contributed by atoms with Crippen molar-refractivity contribution in [3.63, 3.8) is 0 Å². The molecule has 3 heterocycles. The van der Waals surface area contributed by atoms with Crippen LogP contribution in [-0.2, 0) is 33.2 Å². The third kappa shape index (κ3) is 9.34. The van der Waals surface area contributed by atoms with Gasteiger partial charge in [0.2, 0.25) is 0 Å². The van der Waals surface area contributed by atoms with Crippen LogP contribution in [0.1, 0.15) is 92.4 Å². The summed E-state index contributed by atoms with van der Waals surface area (Å²) in [5, 5.41) is 115. The molecule has 11 N–H and O–H groups in total. The van der Waals surface area contributed by atoms with Crippen LogP contribution in [0.2, 0.25) is 0 Å². The topological polar surface area (TPSA) is 295 Å². The maximum atomic E-state index is 13.8. The maximum absolute atomic E-state index is 13.8. The molecule has 25 atom stereocenters. The quantitative estimate of drug-likeness (QED) is 0.0934. The summed E-state index contributed by atoms with van der Waals surface area (Å²) in [7, 11) is 0. The van der Waals surface area contributed by atoms with Gasteiger partial charge in [-0.1, -0.05) is 39.3 Å².